The number of hydrogen-bond acceptors (Lipinski definition) is 4. The lowest BCUT2D eigenvalue weighted by Crippen LogP contribution is -1.86. The second kappa shape index (κ2) is 5.42. The molecule has 0 atom stereocenters. The highest BCUT2D eigenvalue weighted by molar-refractivity contribution is 7.45. The molecule has 1 rings (SSSR count). The van der Waals surface area contributed by atoms with Crippen molar-refractivity contribution >= 4 is 13.5 Å². The van der Waals surface area contributed by atoms with Gasteiger partial charge in [0.1, 0.15) is 0 Å². The number of para-hydroxylation sites is 2. The monoisotopic (exact) mass is 237 g/mol. The van der Waals surface area contributed by atoms with Gasteiger partial charge in [0.05, 0.1) is 4.92 Å². The molecule has 0 aromatic heterocycles. The molecule has 0 radical (unpaired) electrons. The van der Waals surface area contributed by atoms with Crippen molar-refractivity contribution in [2.24, 2.45) is 0 Å². The SMILES string of the molecule is O=P(O)(O)O.O=[N+]([O-])c1ccccc1O. The lowest BCUT2D eigenvalue weighted by atomic mass is 10.3. The summed E-state index contributed by atoms with van der Waals surface area (Å²) < 4.78 is 8.88. The Morgan fingerprint density at radius 2 is 1.60 bits per heavy atom. The predicted molar refractivity (Wildman–Crippen MR) is 49.0 cm³/mol. The Labute approximate surface area is 83.8 Å². The molecular formula is C6H8NO7P. The molecule has 0 unspecified atom stereocenters. The van der Waals surface area contributed by atoms with Gasteiger partial charge in [-0.1, -0.05) is 12.1 Å². The van der Waals surface area contributed by atoms with Gasteiger partial charge < -0.3 is 19.8 Å². The maximum Gasteiger partial charge on any atom is 0.466 e. The van der Waals surface area contributed by atoms with Gasteiger partial charge in [0.2, 0.25) is 0 Å². The number of rotatable bonds is 1. The fourth-order valence-electron chi connectivity index (χ4n) is 0.619. The molecule has 0 amide bonds. The number of aromatic hydroxyl groups is 1. The minimum Gasteiger partial charge on any atom is -0.502 e. The van der Waals surface area contributed by atoms with Crippen LogP contribution in [0, 0.1) is 10.1 Å². The van der Waals surface area contributed by atoms with Crippen molar-refractivity contribution in [3.05, 3.63) is 34.4 Å². The summed E-state index contributed by atoms with van der Waals surface area (Å²) in [5.74, 6) is -0.299. The van der Waals surface area contributed by atoms with Crippen LogP contribution in [-0.2, 0) is 4.57 Å². The number of nitro groups is 1. The van der Waals surface area contributed by atoms with E-state index in [1.54, 1.807) is 0 Å². The highest BCUT2D eigenvalue weighted by atomic mass is 31.2. The molecule has 0 heterocycles. The molecule has 84 valence electrons. The average Bonchev–Trinajstić information content (AvgIpc) is 2.01. The highest BCUT2D eigenvalue weighted by Crippen LogP contribution is 2.25. The molecule has 0 fully saturated rings. The van der Waals surface area contributed by atoms with Crippen molar-refractivity contribution in [1.82, 2.24) is 0 Å². The van der Waals surface area contributed by atoms with Gasteiger partial charge in [0.15, 0.2) is 5.75 Å². The molecule has 0 spiro atoms. The zero-order valence-corrected chi connectivity index (χ0v) is 8.11. The van der Waals surface area contributed by atoms with E-state index >= 15 is 0 Å². The molecular weight excluding hydrogens is 229 g/mol. The van der Waals surface area contributed by atoms with Gasteiger partial charge in [0.25, 0.3) is 0 Å². The zero-order chi connectivity index (χ0) is 12.1. The third-order valence-corrected chi connectivity index (χ3v) is 1.08. The predicted octanol–water partition coefficient (Wildman–Crippen LogP) is 0.372. The smallest absolute Gasteiger partial charge is 0.466 e. The second-order valence-corrected chi connectivity index (χ2v) is 3.29. The number of benzene rings is 1. The number of nitro benzene ring substituents is 1. The molecule has 0 saturated heterocycles. The molecule has 0 aliphatic carbocycles. The molecule has 0 bridgehead atoms. The van der Waals surface area contributed by atoms with Gasteiger partial charge in [-0.05, 0) is 6.07 Å². The van der Waals surface area contributed by atoms with E-state index in [9.17, 15) is 10.1 Å². The van der Waals surface area contributed by atoms with Crippen LogP contribution in [0.25, 0.3) is 0 Å². The molecule has 4 N–H and O–H groups in total. The maximum absolute atomic E-state index is 10.1. The van der Waals surface area contributed by atoms with Crippen molar-refractivity contribution in [2.75, 3.05) is 0 Å². The van der Waals surface area contributed by atoms with Crippen LogP contribution in [0.4, 0.5) is 5.69 Å². The third kappa shape index (κ3) is 7.59. The Morgan fingerprint density at radius 3 is 1.87 bits per heavy atom. The van der Waals surface area contributed by atoms with Crippen LogP contribution in [0.3, 0.4) is 0 Å². The Kier molecular flexibility index (Phi) is 4.89. The summed E-state index contributed by atoms with van der Waals surface area (Å²) in [5, 5.41) is 18.9. The Balaban J connectivity index is 0.000000336. The van der Waals surface area contributed by atoms with E-state index in [0.29, 0.717) is 0 Å². The number of phenols is 1. The Bertz CT molecular complexity index is 379. The van der Waals surface area contributed by atoms with Gasteiger partial charge in [-0.2, -0.15) is 0 Å². The Morgan fingerprint density at radius 1 is 1.20 bits per heavy atom. The van der Waals surface area contributed by atoms with E-state index in [0.717, 1.165) is 0 Å². The average molecular weight is 237 g/mol. The molecule has 0 aliphatic heterocycles. The van der Waals surface area contributed by atoms with E-state index < -0.39 is 12.7 Å². The number of nitrogens with zero attached hydrogens (tertiary/aromatic N) is 1. The van der Waals surface area contributed by atoms with Crippen molar-refractivity contribution in [2.45, 2.75) is 0 Å². The molecule has 8 nitrogen and oxygen atoms in total. The van der Waals surface area contributed by atoms with Crippen molar-refractivity contribution in [1.29, 1.82) is 0 Å². The largest absolute Gasteiger partial charge is 0.502 e. The number of hydrogen-bond donors (Lipinski definition) is 4. The standard InChI is InChI=1S/C6H5NO3.H3O4P/c8-6-4-2-1-3-5(6)7(9)10;1-5(2,3)4/h1-4,8H;(H3,1,2,3,4). The molecule has 15 heavy (non-hydrogen) atoms. The molecule has 0 saturated carbocycles. The normalized spacial score (nSPS) is 10.1. The second-order valence-electron chi connectivity index (χ2n) is 2.26. The van der Waals surface area contributed by atoms with Crippen molar-refractivity contribution in [3.63, 3.8) is 0 Å². The van der Waals surface area contributed by atoms with Crippen LogP contribution in [-0.4, -0.2) is 24.7 Å². The quantitative estimate of drug-likeness (QED) is 0.314. The van der Waals surface area contributed by atoms with Crippen molar-refractivity contribution in [3.8, 4) is 5.75 Å². The lowest BCUT2D eigenvalue weighted by Gasteiger charge is -1.91. The summed E-state index contributed by atoms with van der Waals surface area (Å²) in [4.78, 5) is 31.0. The van der Waals surface area contributed by atoms with Crippen LogP contribution in [0.2, 0.25) is 0 Å². The minimum atomic E-state index is -4.64. The van der Waals surface area contributed by atoms with Gasteiger partial charge in [0, 0.05) is 6.07 Å². The van der Waals surface area contributed by atoms with Crippen molar-refractivity contribution < 1.29 is 29.3 Å². The van der Waals surface area contributed by atoms with Crippen LogP contribution in [0.1, 0.15) is 0 Å². The number of phenolic OH excluding ortho intramolecular Hbond substituents is 1. The molecule has 1 aromatic rings. The van der Waals surface area contributed by atoms with Crippen LogP contribution < -0.4 is 0 Å². The molecule has 9 heteroatoms. The summed E-state index contributed by atoms with van der Waals surface area (Å²) in [6.45, 7) is 0. The van der Waals surface area contributed by atoms with E-state index in [2.05, 4.69) is 0 Å². The Hall–Kier alpha value is -1.47. The fourth-order valence-corrected chi connectivity index (χ4v) is 0.619. The molecule has 0 aliphatic rings. The first kappa shape index (κ1) is 13.5. The summed E-state index contributed by atoms with van der Waals surface area (Å²) in [5.41, 5.74) is -0.262. The third-order valence-electron chi connectivity index (χ3n) is 1.08. The topological polar surface area (TPSA) is 141 Å². The first-order chi connectivity index (χ1) is 6.72. The van der Waals surface area contributed by atoms with Gasteiger partial charge in [-0.25, -0.2) is 4.57 Å². The first-order valence-corrected chi connectivity index (χ1v) is 4.99. The fraction of sp³-hybridized carbons (Fsp3) is 0. The first-order valence-electron chi connectivity index (χ1n) is 3.42. The van der Waals surface area contributed by atoms with E-state index in [1.165, 1.54) is 24.3 Å². The molecule has 1 aromatic carbocycles. The summed E-state index contributed by atoms with van der Waals surface area (Å²) in [6, 6.07) is 5.55. The van der Waals surface area contributed by atoms with Crippen LogP contribution >= 0.6 is 7.82 Å². The van der Waals surface area contributed by atoms with E-state index in [4.69, 9.17) is 24.4 Å². The summed E-state index contributed by atoms with van der Waals surface area (Å²) in [7, 11) is -4.64. The van der Waals surface area contributed by atoms with Gasteiger partial charge >= 0.3 is 13.5 Å². The van der Waals surface area contributed by atoms with Crippen LogP contribution in [0.5, 0.6) is 5.75 Å². The van der Waals surface area contributed by atoms with E-state index in [1.807, 2.05) is 0 Å². The summed E-state index contributed by atoms with van der Waals surface area (Å²) >= 11 is 0. The minimum absolute atomic E-state index is 0.262. The highest BCUT2D eigenvalue weighted by Gasteiger charge is 2.09. The van der Waals surface area contributed by atoms with Gasteiger partial charge in [-0.15, -0.1) is 0 Å². The van der Waals surface area contributed by atoms with Gasteiger partial charge in [-0.3, -0.25) is 10.1 Å². The zero-order valence-electron chi connectivity index (χ0n) is 7.22. The number of phosphoric acid groups is 1. The lowest BCUT2D eigenvalue weighted by molar-refractivity contribution is -0.385. The van der Waals surface area contributed by atoms with Crippen LogP contribution in [0.15, 0.2) is 24.3 Å². The maximum atomic E-state index is 10.1. The van der Waals surface area contributed by atoms with E-state index in [-0.39, 0.29) is 11.4 Å². The summed E-state index contributed by atoms with van der Waals surface area (Å²) in [6.07, 6.45) is 0.